The first-order valence-electron chi connectivity index (χ1n) is 9.09. The number of ether oxygens (including phenoxy) is 5. The molecule has 10 nitrogen and oxygen atoms in total. The minimum atomic E-state index is -0.808. The Kier molecular flexibility index (Phi) is 5.66. The molecule has 0 radical (unpaired) electrons. The highest BCUT2D eigenvalue weighted by molar-refractivity contribution is 6.35. The number of hydrogen-bond acceptors (Lipinski definition) is 9. The highest BCUT2D eigenvalue weighted by Gasteiger charge is 2.56. The van der Waals surface area contributed by atoms with Crippen molar-refractivity contribution in [3.63, 3.8) is 0 Å². The highest BCUT2D eigenvalue weighted by Crippen LogP contribution is 2.44. The van der Waals surface area contributed by atoms with Crippen LogP contribution < -0.4 is 0 Å². The standard InChI is InChI=1S/C17H20Cl2N4O6/c1-4-26-9(24)6-25-5-8-11-12(29-17(2,3)28-11)15(27-8)23-7-20-10-13(18)21-16(19)22-14(10)23/h7-8,11-12,15H,4-6H2,1-3H3/t8-,11-,12-,15-/m1/s1. The fourth-order valence-electron chi connectivity index (χ4n) is 3.52. The van der Waals surface area contributed by atoms with Crippen molar-refractivity contribution in [2.45, 2.75) is 51.1 Å². The third-order valence-corrected chi connectivity index (χ3v) is 4.99. The van der Waals surface area contributed by atoms with Crippen LogP contribution in [-0.4, -0.2) is 69.4 Å². The number of esters is 1. The first-order chi connectivity index (χ1) is 13.8. The Bertz CT molecular complexity index is 923. The smallest absolute Gasteiger partial charge is 0.332 e. The SMILES string of the molecule is CCOC(=O)COC[C@H]1O[C@@H](n2cnc3c(Cl)nc(Cl)nc32)[C@@H]2OC(C)(C)O[C@@H]21. The Balaban J connectivity index is 1.57. The van der Waals surface area contributed by atoms with E-state index < -0.39 is 36.3 Å². The molecule has 0 bridgehead atoms. The van der Waals surface area contributed by atoms with Gasteiger partial charge in [0.1, 0.15) is 30.4 Å². The summed E-state index contributed by atoms with van der Waals surface area (Å²) in [6.07, 6.45) is -0.412. The Morgan fingerprint density at radius 3 is 2.79 bits per heavy atom. The van der Waals surface area contributed by atoms with Crippen LogP contribution in [0.3, 0.4) is 0 Å². The molecule has 2 saturated heterocycles. The van der Waals surface area contributed by atoms with E-state index in [4.69, 9.17) is 46.9 Å². The van der Waals surface area contributed by atoms with Gasteiger partial charge in [0, 0.05) is 0 Å². The molecule has 0 N–H and O–H groups in total. The molecule has 29 heavy (non-hydrogen) atoms. The van der Waals surface area contributed by atoms with Crippen LogP contribution >= 0.6 is 23.2 Å². The molecule has 2 aromatic rings. The molecule has 0 spiro atoms. The van der Waals surface area contributed by atoms with E-state index in [0.717, 1.165) is 0 Å². The van der Waals surface area contributed by atoms with Crippen LogP contribution in [0, 0.1) is 0 Å². The topological polar surface area (TPSA) is 107 Å². The summed E-state index contributed by atoms with van der Waals surface area (Å²) in [6.45, 7) is 5.62. The number of hydrogen-bond donors (Lipinski definition) is 0. The predicted molar refractivity (Wildman–Crippen MR) is 101 cm³/mol. The molecule has 4 heterocycles. The Morgan fingerprint density at radius 2 is 2.03 bits per heavy atom. The maximum absolute atomic E-state index is 11.5. The number of fused-ring (bicyclic) bond motifs is 2. The van der Waals surface area contributed by atoms with Crippen LogP contribution in [0.15, 0.2) is 6.33 Å². The highest BCUT2D eigenvalue weighted by atomic mass is 35.5. The molecule has 0 saturated carbocycles. The molecule has 12 heteroatoms. The van der Waals surface area contributed by atoms with E-state index in [9.17, 15) is 4.79 Å². The van der Waals surface area contributed by atoms with E-state index in [0.29, 0.717) is 17.8 Å². The molecule has 2 aromatic heterocycles. The number of aromatic nitrogens is 4. The van der Waals surface area contributed by atoms with Gasteiger partial charge in [0.15, 0.2) is 22.8 Å². The summed E-state index contributed by atoms with van der Waals surface area (Å²) in [4.78, 5) is 23.9. The van der Waals surface area contributed by atoms with Crippen molar-refractivity contribution >= 4 is 40.3 Å². The van der Waals surface area contributed by atoms with Gasteiger partial charge in [-0.15, -0.1) is 0 Å². The van der Waals surface area contributed by atoms with Crippen LogP contribution in [-0.2, 0) is 28.5 Å². The lowest BCUT2D eigenvalue weighted by atomic mass is 10.1. The van der Waals surface area contributed by atoms with E-state index in [1.807, 2.05) is 13.8 Å². The van der Waals surface area contributed by atoms with Crippen LogP contribution in [0.1, 0.15) is 27.0 Å². The number of imidazole rings is 1. The van der Waals surface area contributed by atoms with E-state index in [1.165, 1.54) is 0 Å². The second-order valence-corrected chi connectivity index (χ2v) is 7.75. The lowest BCUT2D eigenvalue weighted by Gasteiger charge is -2.24. The van der Waals surface area contributed by atoms with E-state index >= 15 is 0 Å². The summed E-state index contributed by atoms with van der Waals surface area (Å²) in [5, 5.41) is 0.142. The lowest BCUT2D eigenvalue weighted by Crippen LogP contribution is -2.33. The van der Waals surface area contributed by atoms with Crippen molar-refractivity contribution < 1.29 is 28.5 Å². The van der Waals surface area contributed by atoms with Crippen LogP contribution in [0.2, 0.25) is 10.4 Å². The molecule has 158 valence electrons. The maximum Gasteiger partial charge on any atom is 0.332 e. The van der Waals surface area contributed by atoms with Gasteiger partial charge in [0.2, 0.25) is 5.28 Å². The summed E-state index contributed by atoms with van der Waals surface area (Å²) >= 11 is 12.1. The number of carbonyl (C=O) groups is 1. The van der Waals surface area contributed by atoms with Crippen molar-refractivity contribution in [2.24, 2.45) is 0 Å². The normalized spacial score (nSPS) is 28.0. The van der Waals surface area contributed by atoms with Gasteiger partial charge in [-0.25, -0.2) is 14.8 Å². The van der Waals surface area contributed by atoms with Gasteiger partial charge in [-0.3, -0.25) is 4.57 Å². The average molecular weight is 447 g/mol. The van der Waals surface area contributed by atoms with E-state index in [-0.39, 0.29) is 23.7 Å². The maximum atomic E-state index is 11.5. The molecular weight excluding hydrogens is 427 g/mol. The fraction of sp³-hybridized carbons (Fsp3) is 0.647. The Hall–Kier alpha value is -1.56. The van der Waals surface area contributed by atoms with Crippen molar-refractivity contribution in [1.82, 2.24) is 19.5 Å². The summed E-state index contributed by atoms with van der Waals surface area (Å²) < 4.78 is 30.2. The predicted octanol–water partition coefficient (Wildman–Crippen LogP) is 2.13. The second-order valence-electron chi connectivity index (χ2n) is 7.06. The summed E-state index contributed by atoms with van der Waals surface area (Å²) in [5.41, 5.74) is 0.816. The molecule has 2 aliphatic heterocycles. The molecule has 2 aliphatic rings. The molecule has 0 amide bonds. The molecule has 4 rings (SSSR count). The minimum Gasteiger partial charge on any atom is -0.464 e. The zero-order chi connectivity index (χ0) is 20.8. The zero-order valence-corrected chi connectivity index (χ0v) is 17.5. The van der Waals surface area contributed by atoms with Gasteiger partial charge in [-0.1, -0.05) is 11.6 Å². The van der Waals surface area contributed by atoms with Crippen molar-refractivity contribution in [2.75, 3.05) is 19.8 Å². The van der Waals surface area contributed by atoms with E-state index in [2.05, 4.69) is 15.0 Å². The number of nitrogens with zero attached hydrogens (tertiary/aromatic N) is 4. The van der Waals surface area contributed by atoms with Crippen LogP contribution in [0.25, 0.3) is 11.2 Å². The summed E-state index contributed by atoms with van der Waals surface area (Å²) in [7, 11) is 0. The van der Waals surface area contributed by atoms with Crippen LogP contribution in [0.4, 0.5) is 0 Å². The van der Waals surface area contributed by atoms with E-state index in [1.54, 1.807) is 17.8 Å². The van der Waals surface area contributed by atoms with Gasteiger partial charge < -0.3 is 23.7 Å². The molecule has 0 aromatic carbocycles. The van der Waals surface area contributed by atoms with Gasteiger partial charge >= 0.3 is 5.97 Å². The average Bonchev–Trinajstić information content (AvgIpc) is 3.27. The Morgan fingerprint density at radius 1 is 1.28 bits per heavy atom. The third kappa shape index (κ3) is 4.05. The molecule has 4 atom stereocenters. The third-order valence-electron chi connectivity index (χ3n) is 4.56. The summed E-state index contributed by atoms with van der Waals surface area (Å²) in [6, 6.07) is 0. The van der Waals surface area contributed by atoms with Crippen molar-refractivity contribution in [3.8, 4) is 0 Å². The number of halogens is 2. The van der Waals surface area contributed by atoms with Gasteiger partial charge in [0.05, 0.1) is 19.5 Å². The Labute approximate surface area is 176 Å². The molecule has 2 fully saturated rings. The lowest BCUT2D eigenvalue weighted by molar-refractivity contribution is -0.202. The second kappa shape index (κ2) is 7.93. The first-order valence-corrected chi connectivity index (χ1v) is 9.84. The zero-order valence-electron chi connectivity index (χ0n) is 16.0. The van der Waals surface area contributed by atoms with Crippen molar-refractivity contribution in [1.29, 1.82) is 0 Å². The van der Waals surface area contributed by atoms with Gasteiger partial charge in [-0.05, 0) is 32.4 Å². The number of rotatable bonds is 6. The fourth-order valence-corrected chi connectivity index (χ4v) is 3.94. The molecule has 0 unspecified atom stereocenters. The molecular formula is C17H20Cl2N4O6. The van der Waals surface area contributed by atoms with Crippen molar-refractivity contribution in [3.05, 3.63) is 16.8 Å². The summed E-state index contributed by atoms with van der Waals surface area (Å²) in [5.74, 6) is -1.25. The minimum absolute atomic E-state index is 0.00274. The van der Waals surface area contributed by atoms with Gasteiger partial charge in [-0.2, -0.15) is 4.98 Å². The molecule has 0 aliphatic carbocycles. The van der Waals surface area contributed by atoms with Crippen LogP contribution in [0.5, 0.6) is 0 Å². The monoisotopic (exact) mass is 446 g/mol. The quantitative estimate of drug-likeness (QED) is 0.374. The van der Waals surface area contributed by atoms with Gasteiger partial charge in [0.25, 0.3) is 0 Å². The number of carbonyl (C=O) groups excluding carboxylic acids is 1. The largest absolute Gasteiger partial charge is 0.464 e. The first kappa shape index (κ1) is 20.7.